The molecule has 0 unspecified atom stereocenters. The van der Waals surface area contributed by atoms with Crippen LogP contribution in [0.15, 0.2) is 24.3 Å². The highest BCUT2D eigenvalue weighted by atomic mass is 16.5. The van der Waals surface area contributed by atoms with E-state index in [1.54, 1.807) is 7.11 Å². The van der Waals surface area contributed by atoms with E-state index in [1.165, 1.54) is 18.4 Å². The van der Waals surface area contributed by atoms with Crippen LogP contribution in [0.3, 0.4) is 0 Å². The Morgan fingerprint density at radius 2 is 2.17 bits per heavy atom. The first kappa shape index (κ1) is 12.9. The van der Waals surface area contributed by atoms with Crippen molar-refractivity contribution >= 4 is 0 Å². The molecule has 1 fully saturated rings. The number of rotatable bonds is 4. The first-order valence-electron chi connectivity index (χ1n) is 6.56. The number of methoxy groups -OCH3 is 1. The van der Waals surface area contributed by atoms with Crippen molar-refractivity contribution in [2.45, 2.75) is 25.2 Å². The summed E-state index contributed by atoms with van der Waals surface area (Å²) in [5.41, 5.74) is 1.38. The average molecular weight is 244 g/mol. The highest BCUT2D eigenvalue weighted by Gasteiger charge is 2.20. The Morgan fingerprint density at radius 1 is 1.39 bits per heavy atom. The number of piperidine rings is 1. The van der Waals surface area contributed by atoms with Crippen LogP contribution in [0.2, 0.25) is 0 Å². The third kappa shape index (κ3) is 3.24. The van der Waals surface area contributed by atoms with Crippen LogP contribution >= 0.6 is 0 Å². The second-order valence-electron chi connectivity index (χ2n) is 4.80. The van der Waals surface area contributed by atoms with Gasteiger partial charge in [-0.1, -0.05) is 12.1 Å². The van der Waals surface area contributed by atoms with E-state index >= 15 is 0 Å². The summed E-state index contributed by atoms with van der Waals surface area (Å²) in [4.78, 5) is 2.39. The van der Waals surface area contributed by atoms with Gasteiger partial charge in [0.25, 0.3) is 0 Å². The largest absolute Gasteiger partial charge is 0.497 e. The van der Waals surface area contributed by atoms with Crippen LogP contribution in [0.25, 0.3) is 0 Å². The Balaban J connectivity index is 1.91. The number of benzene rings is 1. The molecule has 0 amide bonds. The van der Waals surface area contributed by atoms with Crippen LogP contribution in [0.5, 0.6) is 5.75 Å². The van der Waals surface area contributed by atoms with Crippen LogP contribution in [0, 0.1) is 11.3 Å². The SMILES string of the molecule is COc1cccc(C2CCN(CCC#N)CC2)c1. The van der Waals surface area contributed by atoms with Crippen LogP contribution in [0.4, 0.5) is 0 Å². The van der Waals surface area contributed by atoms with Crippen molar-refractivity contribution < 1.29 is 4.74 Å². The lowest BCUT2D eigenvalue weighted by molar-refractivity contribution is 0.216. The molecule has 0 bridgehead atoms. The monoisotopic (exact) mass is 244 g/mol. The standard InChI is InChI=1S/C15H20N2O/c1-18-15-5-2-4-14(12-15)13-6-10-17(11-7-13)9-3-8-16/h2,4-5,12-13H,3,6-7,9-11H2,1H3. The summed E-state index contributed by atoms with van der Waals surface area (Å²) in [6, 6.07) is 10.6. The van der Waals surface area contributed by atoms with Gasteiger partial charge >= 0.3 is 0 Å². The van der Waals surface area contributed by atoms with Crippen molar-refractivity contribution in [2.24, 2.45) is 0 Å². The normalized spacial score (nSPS) is 17.3. The Hall–Kier alpha value is -1.53. The molecule has 0 atom stereocenters. The fourth-order valence-corrected chi connectivity index (χ4v) is 2.59. The third-order valence-electron chi connectivity index (χ3n) is 3.69. The van der Waals surface area contributed by atoms with E-state index in [0.717, 1.165) is 25.4 Å². The van der Waals surface area contributed by atoms with Gasteiger partial charge in [0.05, 0.1) is 13.2 Å². The number of nitrogens with zero attached hydrogens (tertiary/aromatic N) is 2. The summed E-state index contributed by atoms with van der Waals surface area (Å²) < 4.78 is 5.27. The maximum absolute atomic E-state index is 8.59. The summed E-state index contributed by atoms with van der Waals surface area (Å²) in [5.74, 6) is 1.58. The molecule has 1 aromatic carbocycles. The molecule has 0 saturated carbocycles. The third-order valence-corrected chi connectivity index (χ3v) is 3.69. The molecule has 0 N–H and O–H groups in total. The fourth-order valence-electron chi connectivity index (χ4n) is 2.59. The molecule has 1 aromatic rings. The Bertz CT molecular complexity index is 417. The van der Waals surface area contributed by atoms with Gasteiger partial charge in [-0.25, -0.2) is 0 Å². The molecule has 0 aromatic heterocycles. The average Bonchev–Trinajstić information content (AvgIpc) is 2.46. The molecule has 2 rings (SSSR count). The zero-order valence-electron chi connectivity index (χ0n) is 10.9. The van der Waals surface area contributed by atoms with Gasteiger partial charge in [0, 0.05) is 13.0 Å². The first-order chi connectivity index (χ1) is 8.83. The Labute approximate surface area is 109 Å². The first-order valence-corrected chi connectivity index (χ1v) is 6.56. The summed E-state index contributed by atoms with van der Waals surface area (Å²) in [7, 11) is 1.71. The molecule has 1 aliphatic rings. The summed E-state index contributed by atoms with van der Waals surface area (Å²) >= 11 is 0. The zero-order chi connectivity index (χ0) is 12.8. The van der Waals surface area contributed by atoms with Crippen molar-refractivity contribution in [2.75, 3.05) is 26.7 Å². The molecular weight excluding hydrogens is 224 g/mol. The van der Waals surface area contributed by atoms with E-state index in [4.69, 9.17) is 10.00 Å². The minimum Gasteiger partial charge on any atom is -0.497 e. The van der Waals surface area contributed by atoms with Crippen molar-refractivity contribution in [3.63, 3.8) is 0 Å². The van der Waals surface area contributed by atoms with Crippen LogP contribution in [-0.2, 0) is 0 Å². The minimum absolute atomic E-state index is 0.637. The van der Waals surface area contributed by atoms with Crippen LogP contribution in [0.1, 0.15) is 30.7 Å². The van der Waals surface area contributed by atoms with E-state index < -0.39 is 0 Å². The van der Waals surface area contributed by atoms with Gasteiger partial charge in [-0.3, -0.25) is 0 Å². The Morgan fingerprint density at radius 3 is 2.83 bits per heavy atom. The van der Waals surface area contributed by atoms with Gasteiger partial charge in [0.2, 0.25) is 0 Å². The quantitative estimate of drug-likeness (QED) is 0.817. The van der Waals surface area contributed by atoms with E-state index in [-0.39, 0.29) is 0 Å². The van der Waals surface area contributed by atoms with E-state index in [2.05, 4.69) is 29.2 Å². The van der Waals surface area contributed by atoms with Gasteiger partial charge in [0.1, 0.15) is 5.75 Å². The molecule has 18 heavy (non-hydrogen) atoms. The maximum Gasteiger partial charge on any atom is 0.119 e. The molecule has 1 saturated heterocycles. The van der Waals surface area contributed by atoms with E-state index in [1.807, 2.05) is 6.07 Å². The summed E-state index contributed by atoms with van der Waals surface area (Å²) in [6.07, 6.45) is 3.00. The lowest BCUT2D eigenvalue weighted by atomic mass is 9.89. The van der Waals surface area contributed by atoms with Crippen LogP contribution < -0.4 is 4.74 Å². The summed E-state index contributed by atoms with van der Waals surface area (Å²) in [6.45, 7) is 3.12. The highest BCUT2D eigenvalue weighted by molar-refractivity contribution is 5.31. The molecule has 3 nitrogen and oxygen atoms in total. The van der Waals surface area contributed by atoms with Crippen molar-refractivity contribution in [3.05, 3.63) is 29.8 Å². The predicted octanol–water partition coefficient (Wildman–Crippen LogP) is 2.79. The zero-order valence-corrected chi connectivity index (χ0v) is 10.9. The number of hydrogen-bond acceptors (Lipinski definition) is 3. The predicted molar refractivity (Wildman–Crippen MR) is 71.6 cm³/mol. The fraction of sp³-hybridized carbons (Fsp3) is 0.533. The van der Waals surface area contributed by atoms with Crippen LogP contribution in [-0.4, -0.2) is 31.6 Å². The molecule has 0 aliphatic carbocycles. The highest BCUT2D eigenvalue weighted by Crippen LogP contribution is 2.29. The second-order valence-corrected chi connectivity index (χ2v) is 4.80. The maximum atomic E-state index is 8.59. The van der Waals surface area contributed by atoms with Gasteiger partial charge in [-0.15, -0.1) is 0 Å². The van der Waals surface area contributed by atoms with Crippen molar-refractivity contribution in [1.82, 2.24) is 4.90 Å². The Kier molecular flexibility index (Phi) is 4.60. The lowest BCUT2D eigenvalue weighted by Crippen LogP contribution is -2.33. The van der Waals surface area contributed by atoms with Gasteiger partial charge in [-0.05, 0) is 49.5 Å². The van der Waals surface area contributed by atoms with Crippen molar-refractivity contribution in [1.29, 1.82) is 5.26 Å². The molecule has 1 heterocycles. The lowest BCUT2D eigenvalue weighted by Gasteiger charge is -2.31. The van der Waals surface area contributed by atoms with Crippen molar-refractivity contribution in [3.8, 4) is 11.8 Å². The molecular formula is C15H20N2O. The molecule has 3 heteroatoms. The summed E-state index contributed by atoms with van der Waals surface area (Å²) in [5, 5.41) is 8.59. The number of hydrogen-bond donors (Lipinski definition) is 0. The van der Waals surface area contributed by atoms with Gasteiger partial charge in [-0.2, -0.15) is 5.26 Å². The topological polar surface area (TPSA) is 36.3 Å². The molecule has 0 spiro atoms. The van der Waals surface area contributed by atoms with Gasteiger partial charge in [0.15, 0.2) is 0 Å². The molecule has 0 radical (unpaired) electrons. The van der Waals surface area contributed by atoms with Gasteiger partial charge < -0.3 is 9.64 Å². The molecule has 1 aliphatic heterocycles. The van der Waals surface area contributed by atoms with E-state index in [9.17, 15) is 0 Å². The minimum atomic E-state index is 0.637. The van der Waals surface area contributed by atoms with E-state index in [0.29, 0.717) is 12.3 Å². The number of nitriles is 1. The smallest absolute Gasteiger partial charge is 0.119 e. The number of ether oxygens (including phenoxy) is 1. The number of likely N-dealkylation sites (tertiary alicyclic amines) is 1. The second kappa shape index (κ2) is 6.42. The molecule has 96 valence electrons.